The molecule has 198 valence electrons. The van der Waals surface area contributed by atoms with Crippen LogP contribution in [-0.2, 0) is 14.4 Å². The van der Waals surface area contributed by atoms with Crippen molar-refractivity contribution < 1.29 is 23.6 Å². The van der Waals surface area contributed by atoms with Crippen molar-refractivity contribution in [2.45, 2.75) is 25.5 Å². The molecule has 3 atom stereocenters. The summed E-state index contributed by atoms with van der Waals surface area (Å²) in [5.41, 5.74) is 1.82. The summed E-state index contributed by atoms with van der Waals surface area (Å²) in [6, 6.07) is 24.3. The van der Waals surface area contributed by atoms with E-state index in [1.165, 1.54) is 4.90 Å². The summed E-state index contributed by atoms with van der Waals surface area (Å²) in [5, 5.41) is 2.54. The first-order chi connectivity index (χ1) is 19.0. The maximum atomic E-state index is 13.9. The SMILES string of the molecule is CCCOc1ccc(N2C(=O)[C@H]3[C@@H](ON(c4ccccc4)[C@H]3c3ccc(-c4ccc(Cl)cc4Cl)o3)C2=O)cc1. The predicted molar refractivity (Wildman–Crippen MR) is 149 cm³/mol. The van der Waals surface area contributed by atoms with Crippen molar-refractivity contribution in [1.29, 1.82) is 0 Å². The third-order valence-electron chi connectivity index (χ3n) is 6.81. The zero-order valence-corrected chi connectivity index (χ0v) is 22.4. The van der Waals surface area contributed by atoms with Crippen LogP contribution in [-0.4, -0.2) is 24.5 Å². The van der Waals surface area contributed by atoms with E-state index < -0.39 is 24.0 Å². The largest absolute Gasteiger partial charge is 0.494 e. The molecule has 0 bridgehead atoms. The van der Waals surface area contributed by atoms with Gasteiger partial charge in [0.1, 0.15) is 29.2 Å². The van der Waals surface area contributed by atoms with E-state index >= 15 is 0 Å². The number of hydroxylamine groups is 1. The molecule has 0 unspecified atom stereocenters. The van der Waals surface area contributed by atoms with Gasteiger partial charge in [-0.25, -0.2) is 9.96 Å². The molecule has 0 radical (unpaired) electrons. The van der Waals surface area contributed by atoms with Gasteiger partial charge in [-0.1, -0.05) is 48.3 Å². The summed E-state index contributed by atoms with van der Waals surface area (Å²) < 4.78 is 11.9. The second-order valence-corrected chi connectivity index (χ2v) is 10.2. The highest BCUT2D eigenvalue weighted by Gasteiger charge is 2.61. The third-order valence-corrected chi connectivity index (χ3v) is 7.36. The number of carbonyl (C=O) groups is 2. The van der Waals surface area contributed by atoms with E-state index in [9.17, 15) is 9.59 Å². The fourth-order valence-corrected chi connectivity index (χ4v) is 5.52. The summed E-state index contributed by atoms with van der Waals surface area (Å²) in [6.45, 7) is 2.61. The Hall–Kier alpha value is -3.78. The topological polar surface area (TPSA) is 72.2 Å². The average molecular weight is 563 g/mol. The number of para-hydroxylation sites is 1. The van der Waals surface area contributed by atoms with Gasteiger partial charge in [-0.3, -0.25) is 14.4 Å². The molecule has 3 aromatic carbocycles. The molecule has 0 spiro atoms. The molecule has 2 saturated heterocycles. The van der Waals surface area contributed by atoms with Crippen LogP contribution in [0.4, 0.5) is 11.4 Å². The fraction of sp³-hybridized carbons (Fsp3) is 0.200. The Balaban J connectivity index is 1.36. The summed E-state index contributed by atoms with van der Waals surface area (Å²) >= 11 is 12.5. The Morgan fingerprint density at radius 3 is 2.36 bits per heavy atom. The number of furan rings is 1. The molecule has 3 heterocycles. The predicted octanol–water partition coefficient (Wildman–Crippen LogP) is 7.09. The molecule has 0 N–H and O–H groups in total. The maximum Gasteiger partial charge on any atom is 0.266 e. The normalized spacial score (nSPS) is 20.5. The lowest BCUT2D eigenvalue weighted by Gasteiger charge is -2.27. The Morgan fingerprint density at radius 2 is 1.64 bits per heavy atom. The molecule has 1 aromatic heterocycles. The second kappa shape index (κ2) is 10.4. The molecule has 7 nitrogen and oxygen atoms in total. The number of fused-ring (bicyclic) bond motifs is 1. The number of nitrogens with zero attached hydrogens (tertiary/aromatic N) is 2. The zero-order valence-electron chi connectivity index (χ0n) is 20.9. The van der Waals surface area contributed by atoms with Crippen LogP contribution in [0, 0.1) is 5.92 Å². The zero-order chi connectivity index (χ0) is 27.1. The standard InChI is InChI=1S/C30H24Cl2N2O5/c1-2-16-37-21-11-9-19(10-12-21)33-29(35)26-27(34(39-28(26)30(33)36)20-6-4-3-5-7-20)25-15-14-24(38-25)22-13-8-18(31)17-23(22)32/h3-15,17,26-28H,2,16H2,1H3/t26-,27+,28-/m1/s1. The van der Waals surface area contributed by atoms with E-state index in [4.69, 9.17) is 37.2 Å². The van der Waals surface area contributed by atoms with Gasteiger partial charge in [0, 0.05) is 10.6 Å². The highest BCUT2D eigenvalue weighted by molar-refractivity contribution is 6.36. The quantitative estimate of drug-likeness (QED) is 0.224. The molecule has 2 aliphatic heterocycles. The molecule has 4 aromatic rings. The van der Waals surface area contributed by atoms with Crippen LogP contribution in [0.15, 0.2) is 89.3 Å². The monoisotopic (exact) mass is 562 g/mol. The molecule has 2 fully saturated rings. The van der Waals surface area contributed by atoms with E-state index in [1.807, 2.05) is 37.3 Å². The molecule has 6 rings (SSSR count). The van der Waals surface area contributed by atoms with Gasteiger partial charge in [0.2, 0.25) is 5.91 Å². The third kappa shape index (κ3) is 4.56. The molecular weight excluding hydrogens is 539 g/mol. The van der Waals surface area contributed by atoms with Crippen molar-refractivity contribution in [1.82, 2.24) is 0 Å². The first-order valence-corrected chi connectivity index (χ1v) is 13.4. The molecule has 39 heavy (non-hydrogen) atoms. The van der Waals surface area contributed by atoms with Gasteiger partial charge in [0.05, 0.1) is 23.0 Å². The van der Waals surface area contributed by atoms with Gasteiger partial charge in [-0.2, -0.15) is 0 Å². The minimum atomic E-state index is -1.01. The summed E-state index contributed by atoms with van der Waals surface area (Å²) in [4.78, 5) is 34.8. The average Bonchev–Trinajstić information content (AvgIpc) is 3.63. The van der Waals surface area contributed by atoms with Crippen molar-refractivity contribution in [3.8, 4) is 17.1 Å². The number of halogens is 2. The van der Waals surface area contributed by atoms with Crippen molar-refractivity contribution in [3.05, 3.63) is 101 Å². The first kappa shape index (κ1) is 25.5. The number of hydrogen-bond donors (Lipinski definition) is 0. The van der Waals surface area contributed by atoms with Crippen LogP contribution in [0.1, 0.15) is 25.1 Å². The van der Waals surface area contributed by atoms with E-state index in [0.29, 0.717) is 50.9 Å². The van der Waals surface area contributed by atoms with Crippen molar-refractivity contribution in [2.24, 2.45) is 5.92 Å². The molecule has 2 aliphatic rings. The highest BCUT2D eigenvalue weighted by atomic mass is 35.5. The summed E-state index contributed by atoms with van der Waals surface area (Å²) in [5.74, 6) is 0.0427. The molecule has 0 aliphatic carbocycles. The van der Waals surface area contributed by atoms with Gasteiger partial charge >= 0.3 is 0 Å². The molecular formula is C30H24Cl2N2O5. The minimum absolute atomic E-state index is 0.363. The van der Waals surface area contributed by atoms with Crippen LogP contribution in [0.25, 0.3) is 11.3 Å². The summed E-state index contributed by atoms with van der Waals surface area (Å²) in [7, 11) is 0. The number of amides is 2. The Kier molecular flexibility index (Phi) is 6.81. The first-order valence-electron chi connectivity index (χ1n) is 12.6. The second-order valence-electron chi connectivity index (χ2n) is 9.34. The number of benzene rings is 3. The van der Waals surface area contributed by atoms with E-state index in [2.05, 4.69) is 0 Å². The van der Waals surface area contributed by atoms with E-state index in [0.717, 1.165) is 6.42 Å². The van der Waals surface area contributed by atoms with Crippen LogP contribution >= 0.6 is 23.2 Å². The van der Waals surface area contributed by atoms with Gasteiger partial charge < -0.3 is 9.15 Å². The lowest BCUT2D eigenvalue weighted by molar-refractivity contribution is -0.126. The van der Waals surface area contributed by atoms with Crippen molar-refractivity contribution in [2.75, 3.05) is 16.6 Å². The van der Waals surface area contributed by atoms with E-state index in [-0.39, 0.29) is 5.91 Å². The lowest BCUT2D eigenvalue weighted by atomic mass is 9.94. The van der Waals surface area contributed by atoms with Gasteiger partial charge in [-0.05, 0) is 73.2 Å². The Labute approximate surface area is 235 Å². The van der Waals surface area contributed by atoms with Crippen molar-refractivity contribution >= 4 is 46.4 Å². The van der Waals surface area contributed by atoms with Gasteiger partial charge in [0.25, 0.3) is 5.91 Å². The number of anilines is 2. The molecule has 0 saturated carbocycles. The fourth-order valence-electron chi connectivity index (χ4n) is 5.01. The Bertz CT molecular complexity index is 1520. The van der Waals surface area contributed by atoms with E-state index in [1.54, 1.807) is 59.7 Å². The number of hydrogen-bond acceptors (Lipinski definition) is 6. The van der Waals surface area contributed by atoms with Gasteiger partial charge in [0.15, 0.2) is 6.10 Å². The Morgan fingerprint density at radius 1 is 0.872 bits per heavy atom. The van der Waals surface area contributed by atoms with Crippen LogP contribution in [0.5, 0.6) is 5.75 Å². The summed E-state index contributed by atoms with van der Waals surface area (Å²) in [6.07, 6.45) is -0.129. The molecule has 9 heteroatoms. The van der Waals surface area contributed by atoms with Crippen LogP contribution in [0.3, 0.4) is 0 Å². The molecule has 2 amide bonds. The number of imide groups is 1. The smallest absolute Gasteiger partial charge is 0.266 e. The van der Waals surface area contributed by atoms with Crippen molar-refractivity contribution in [3.63, 3.8) is 0 Å². The number of carbonyl (C=O) groups excluding carboxylic acids is 2. The number of rotatable bonds is 7. The van der Waals surface area contributed by atoms with Crippen LogP contribution < -0.4 is 14.7 Å². The highest BCUT2D eigenvalue weighted by Crippen LogP contribution is 2.48. The minimum Gasteiger partial charge on any atom is -0.494 e. The lowest BCUT2D eigenvalue weighted by Crippen LogP contribution is -2.37. The van der Waals surface area contributed by atoms with Crippen LogP contribution in [0.2, 0.25) is 10.0 Å². The number of ether oxygens (including phenoxy) is 1. The van der Waals surface area contributed by atoms with Gasteiger partial charge in [-0.15, -0.1) is 0 Å². The maximum absolute atomic E-state index is 13.9.